The van der Waals surface area contributed by atoms with Crippen molar-refractivity contribution in [2.45, 2.75) is 76.7 Å². The molecular formula is C27H32F4N6O4. The van der Waals surface area contributed by atoms with Crippen LogP contribution in [0, 0.1) is 17.7 Å². The van der Waals surface area contributed by atoms with Crippen molar-refractivity contribution in [3.05, 3.63) is 46.8 Å². The van der Waals surface area contributed by atoms with Crippen LogP contribution in [0.4, 0.5) is 17.6 Å². The molecule has 2 fully saturated rings. The molecule has 0 bridgehead atoms. The molecule has 5 unspecified atom stereocenters. The van der Waals surface area contributed by atoms with Crippen LogP contribution in [0.5, 0.6) is 0 Å². The number of amides is 2. The van der Waals surface area contributed by atoms with Crippen molar-refractivity contribution in [2.24, 2.45) is 11.8 Å². The molecule has 3 heterocycles. The Morgan fingerprint density at radius 3 is 2.66 bits per heavy atom. The van der Waals surface area contributed by atoms with Crippen molar-refractivity contribution in [3.63, 3.8) is 0 Å². The van der Waals surface area contributed by atoms with E-state index >= 15 is 4.39 Å². The maximum atomic E-state index is 15.1. The third kappa shape index (κ3) is 5.66. The van der Waals surface area contributed by atoms with Gasteiger partial charge in [-0.25, -0.2) is 9.82 Å². The van der Waals surface area contributed by atoms with Crippen LogP contribution >= 0.6 is 0 Å². The van der Waals surface area contributed by atoms with Crippen molar-refractivity contribution >= 4 is 17.8 Å². The average molecular weight is 581 g/mol. The Kier molecular flexibility index (Phi) is 8.04. The SMILES string of the molecule is CCOC(=O)CC1c2nnc(C(F)(F)F)n2C(C)CN1C(=O)c1cc(CC2NNC(=O)C3CCCCC23)ccc1F. The Hall–Kier alpha value is -3.55. The van der Waals surface area contributed by atoms with Gasteiger partial charge in [-0.1, -0.05) is 18.9 Å². The molecule has 1 aromatic heterocycles. The Balaban J connectivity index is 1.45. The fourth-order valence-corrected chi connectivity index (χ4v) is 6.40. The van der Waals surface area contributed by atoms with Gasteiger partial charge in [0.25, 0.3) is 5.91 Å². The fraction of sp³-hybridized carbons (Fsp3) is 0.593. The van der Waals surface area contributed by atoms with E-state index in [4.69, 9.17) is 4.74 Å². The van der Waals surface area contributed by atoms with Crippen molar-refractivity contribution in [2.75, 3.05) is 13.2 Å². The van der Waals surface area contributed by atoms with Crippen molar-refractivity contribution in [1.82, 2.24) is 30.5 Å². The molecule has 5 atom stereocenters. The number of alkyl halides is 3. The van der Waals surface area contributed by atoms with E-state index in [-0.39, 0.29) is 48.3 Å². The second-order valence-electron chi connectivity index (χ2n) is 10.9. The number of rotatable bonds is 6. The van der Waals surface area contributed by atoms with Gasteiger partial charge in [0.1, 0.15) is 11.9 Å². The highest BCUT2D eigenvalue weighted by Crippen LogP contribution is 2.39. The van der Waals surface area contributed by atoms with E-state index in [9.17, 15) is 27.6 Å². The molecule has 14 heteroatoms. The third-order valence-corrected chi connectivity index (χ3v) is 8.25. The molecule has 2 aliphatic heterocycles. The average Bonchev–Trinajstić information content (AvgIpc) is 3.40. The summed E-state index contributed by atoms with van der Waals surface area (Å²) in [5, 5.41) is 7.02. The number of hydrazine groups is 1. The first-order valence-corrected chi connectivity index (χ1v) is 13.8. The number of fused-ring (bicyclic) bond motifs is 2. The normalized spacial score (nSPS) is 26.1. The van der Waals surface area contributed by atoms with Crippen LogP contribution in [-0.4, -0.2) is 56.6 Å². The van der Waals surface area contributed by atoms with E-state index in [0.717, 1.165) is 30.3 Å². The third-order valence-electron chi connectivity index (χ3n) is 8.25. The van der Waals surface area contributed by atoms with Crippen LogP contribution in [0.15, 0.2) is 18.2 Å². The van der Waals surface area contributed by atoms with Gasteiger partial charge in [0.2, 0.25) is 11.7 Å². The number of nitrogens with one attached hydrogen (secondary N) is 2. The fourth-order valence-electron chi connectivity index (χ4n) is 6.40. The number of benzene rings is 1. The lowest BCUT2D eigenvalue weighted by molar-refractivity contribution is -0.149. The number of hydrogen-bond donors (Lipinski definition) is 2. The van der Waals surface area contributed by atoms with Crippen LogP contribution in [0.1, 0.15) is 85.6 Å². The number of halogens is 4. The predicted molar refractivity (Wildman–Crippen MR) is 135 cm³/mol. The number of nitrogens with zero attached hydrogens (tertiary/aromatic N) is 4. The number of ether oxygens (including phenoxy) is 1. The number of carbonyl (C=O) groups is 3. The maximum absolute atomic E-state index is 15.1. The lowest BCUT2D eigenvalue weighted by Crippen LogP contribution is -2.60. The van der Waals surface area contributed by atoms with Crippen LogP contribution in [-0.2, 0) is 26.9 Å². The molecule has 1 aliphatic carbocycles. The van der Waals surface area contributed by atoms with Crippen LogP contribution in [0.3, 0.4) is 0 Å². The van der Waals surface area contributed by atoms with Gasteiger partial charge in [-0.15, -0.1) is 10.2 Å². The largest absolute Gasteiger partial charge is 0.466 e. The monoisotopic (exact) mass is 580 g/mol. The summed E-state index contributed by atoms with van der Waals surface area (Å²) in [6, 6.07) is 1.92. The van der Waals surface area contributed by atoms with Crippen LogP contribution < -0.4 is 10.9 Å². The van der Waals surface area contributed by atoms with Crippen LogP contribution in [0.2, 0.25) is 0 Å². The minimum Gasteiger partial charge on any atom is -0.466 e. The highest BCUT2D eigenvalue weighted by Gasteiger charge is 2.46. The summed E-state index contributed by atoms with van der Waals surface area (Å²) in [5.41, 5.74) is 6.19. The minimum atomic E-state index is -4.80. The summed E-state index contributed by atoms with van der Waals surface area (Å²) < 4.78 is 62.0. The second-order valence-corrected chi connectivity index (χ2v) is 10.9. The Labute approximate surface area is 233 Å². The second kappa shape index (κ2) is 11.4. The first-order valence-electron chi connectivity index (χ1n) is 13.8. The molecule has 1 saturated carbocycles. The van der Waals surface area contributed by atoms with Gasteiger partial charge in [-0.2, -0.15) is 13.2 Å². The standard InChI is InChI=1S/C27H32F4N6O4/c1-3-41-22(38)12-21-23-33-35-26(27(29,30)31)37(23)14(2)13-36(21)25(40)18-10-15(8-9-19(18)28)11-20-16-6-4-5-7-17(16)24(39)34-32-20/h8-10,14,16-17,20-21,32H,3-7,11-13H2,1-2H3,(H,34,39). The van der Waals surface area contributed by atoms with Gasteiger partial charge in [-0.3, -0.25) is 19.8 Å². The molecule has 1 aromatic carbocycles. The Bertz CT molecular complexity index is 1330. The zero-order valence-electron chi connectivity index (χ0n) is 22.7. The molecular weight excluding hydrogens is 548 g/mol. The Morgan fingerprint density at radius 1 is 1.17 bits per heavy atom. The van der Waals surface area contributed by atoms with Gasteiger partial charge < -0.3 is 14.2 Å². The highest BCUT2D eigenvalue weighted by molar-refractivity contribution is 5.95. The summed E-state index contributed by atoms with van der Waals surface area (Å²) >= 11 is 0. The predicted octanol–water partition coefficient (Wildman–Crippen LogP) is 3.50. The summed E-state index contributed by atoms with van der Waals surface area (Å²) in [6.45, 7) is 2.85. The lowest BCUT2D eigenvalue weighted by Gasteiger charge is -2.41. The zero-order chi connectivity index (χ0) is 29.5. The molecule has 222 valence electrons. The number of carbonyl (C=O) groups excluding carboxylic acids is 3. The lowest BCUT2D eigenvalue weighted by atomic mass is 9.72. The molecule has 0 radical (unpaired) electrons. The van der Waals surface area contributed by atoms with E-state index < -0.39 is 48.2 Å². The molecule has 2 N–H and O–H groups in total. The van der Waals surface area contributed by atoms with Gasteiger partial charge >= 0.3 is 12.1 Å². The molecule has 2 aromatic rings. The molecule has 5 rings (SSSR count). The van der Waals surface area contributed by atoms with Gasteiger partial charge in [0.05, 0.1) is 24.6 Å². The smallest absolute Gasteiger partial charge is 0.451 e. The van der Waals surface area contributed by atoms with E-state index in [1.807, 2.05) is 0 Å². The number of aromatic nitrogens is 3. The first kappa shape index (κ1) is 29.0. The van der Waals surface area contributed by atoms with Crippen molar-refractivity contribution < 1.29 is 36.7 Å². The van der Waals surface area contributed by atoms with Gasteiger partial charge in [0, 0.05) is 18.5 Å². The van der Waals surface area contributed by atoms with Gasteiger partial charge in [-0.05, 0) is 56.7 Å². The minimum absolute atomic E-state index is 0.0323. The summed E-state index contributed by atoms with van der Waals surface area (Å²) in [5.74, 6) is -3.81. The van der Waals surface area contributed by atoms with Crippen LogP contribution in [0.25, 0.3) is 0 Å². The molecule has 3 aliphatic rings. The van der Waals surface area contributed by atoms with E-state index in [1.165, 1.54) is 24.0 Å². The number of hydrogen-bond acceptors (Lipinski definition) is 7. The molecule has 0 spiro atoms. The summed E-state index contributed by atoms with van der Waals surface area (Å²) in [4.78, 5) is 39.8. The van der Waals surface area contributed by atoms with E-state index in [1.54, 1.807) is 13.0 Å². The zero-order valence-corrected chi connectivity index (χ0v) is 22.7. The molecule has 10 nitrogen and oxygen atoms in total. The quantitative estimate of drug-likeness (QED) is 0.397. The molecule has 2 amide bonds. The number of esters is 1. The summed E-state index contributed by atoms with van der Waals surface area (Å²) in [7, 11) is 0. The first-order chi connectivity index (χ1) is 19.5. The maximum Gasteiger partial charge on any atom is 0.451 e. The molecule has 41 heavy (non-hydrogen) atoms. The Morgan fingerprint density at radius 2 is 1.93 bits per heavy atom. The topological polar surface area (TPSA) is 118 Å². The van der Waals surface area contributed by atoms with E-state index in [2.05, 4.69) is 21.0 Å². The summed E-state index contributed by atoms with van der Waals surface area (Å²) in [6.07, 6.45) is -1.18. The van der Waals surface area contributed by atoms with E-state index in [0.29, 0.717) is 12.0 Å². The van der Waals surface area contributed by atoms with Crippen molar-refractivity contribution in [3.8, 4) is 0 Å². The highest BCUT2D eigenvalue weighted by atomic mass is 19.4. The van der Waals surface area contributed by atoms with Crippen molar-refractivity contribution in [1.29, 1.82) is 0 Å². The molecule has 1 saturated heterocycles. The van der Waals surface area contributed by atoms with Gasteiger partial charge in [0.15, 0.2) is 5.82 Å².